The van der Waals surface area contributed by atoms with Crippen LogP contribution in [0.3, 0.4) is 0 Å². The summed E-state index contributed by atoms with van der Waals surface area (Å²) in [4.78, 5) is 12.3. The van der Waals surface area contributed by atoms with Gasteiger partial charge in [-0.05, 0) is 35.9 Å². The maximum absolute atomic E-state index is 12.9. The number of morpholine rings is 1. The highest BCUT2D eigenvalue weighted by molar-refractivity contribution is 7.99. The van der Waals surface area contributed by atoms with Crippen LogP contribution in [-0.4, -0.2) is 57.8 Å². The van der Waals surface area contributed by atoms with Crippen molar-refractivity contribution in [2.24, 2.45) is 0 Å². The van der Waals surface area contributed by atoms with E-state index in [2.05, 4.69) is 5.32 Å². The number of nitrogens with one attached hydrogen (secondary N) is 1. The fourth-order valence-corrected chi connectivity index (χ4v) is 5.61. The number of thioether (sulfide) groups is 1. The number of ether oxygens (including phenoxy) is 2. The van der Waals surface area contributed by atoms with Crippen LogP contribution in [0.15, 0.2) is 47.4 Å². The normalized spacial score (nSPS) is 15.0. The second kappa shape index (κ2) is 10.5. The first kappa shape index (κ1) is 22.9. The topological polar surface area (TPSA) is 84.9 Å². The fraction of sp³-hybridized carbons (Fsp3) is 0.350. The zero-order chi connectivity index (χ0) is 21.6. The van der Waals surface area contributed by atoms with E-state index in [1.54, 1.807) is 13.2 Å². The Morgan fingerprint density at radius 2 is 2.00 bits per heavy atom. The van der Waals surface area contributed by atoms with Crippen molar-refractivity contribution in [3.05, 3.63) is 53.1 Å². The predicted molar refractivity (Wildman–Crippen MR) is 119 cm³/mol. The molecule has 2 aromatic rings. The van der Waals surface area contributed by atoms with E-state index in [1.165, 1.54) is 28.2 Å². The molecule has 1 amide bonds. The van der Waals surface area contributed by atoms with Crippen molar-refractivity contribution in [3.8, 4) is 5.75 Å². The molecule has 30 heavy (non-hydrogen) atoms. The molecule has 0 unspecified atom stereocenters. The number of benzene rings is 2. The van der Waals surface area contributed by atoms with Gasteiger partial charge in [0.25, 0.3) is 0 Å². The zero-order valence-electron chi connectivity index (χ0n) is 16.5. The lowest BCUT2D eigenvalue weighted by Gasteiger charge is -2.26. The van der Waals surface area contributed by atoms with E-state index in [0.717, 1.165) is 11.3 Å². The summed E-state index contributed by atoms with van der Waals surface area (Å²) in [5.74, 6) is 1.43. The minimum absolute atomic E-state index is 0.0205. The number of halogens is 1. The van der Waals surface area contributed by atoms with Crippen LogP contribution in [0.25, 0.3) is 0 Å². The summed E-state index contributed by atoms with van der Waals surface area (Å²) in [5.41, 5.74) is 1.44. The van der Waals surface area contributed by atoms with Crippen LogP contribution in [0.2, 0.25) is 5.02 Å². The number of anilines is 1. The Hall–Kier alpha value is -1.78. The molecule has 1 heterocycles. The molecule has 0 bridgehead atoms. The van der Waals surface area contributed by atoms with Gasteiger partial charge in [0, 0.05) is 24.5 Å². The Kier molecular flexibility index (Phi) is 8.01. The molecule has 10 heteroatoms. The van der Waals surface area contributed by atoms with E-state index in [-0.39, 0.29) is 34.7 Å². The van der Waals surface area contributed by atoms with Gasteiger partial charge in [-0.1, -0.05) is 23.7 Å². The van der Waals surface area contributed by atoms with Gasteiger partial charge in [-0.2, -0.15) is 4.31 Å². The highest BCUT2D eigenvalue weighted by Gasteiger charge is 2.28. The number of nitrogens with zero attached hydrogens (tertiary/aromatic N) is 1. The summed E-state index contributed by atoms with van der Waals surface area (Å²) in [6.07, 6.45) is 0. The average molecular weight is 471 g/mol. The summed E-state index contributed by atoms with van der Waals surface area (Å²) < 4.78 is 37.5. The first-order valence-corrected chi connectivity index (χ1v) is 12.3. The maximum atomic E-state index is 12.9. The summed E-state index contributed by atoms with van der Waals surface area (Å²) in [7, 11) is -2.15. The summed E-state index contributed by atoms with van der Waals surface area (Å²) in [5, 5.41) is 2.86. The third kappa shape index (κ3) is 5.89. The molecule has 1 N–H and O–H groups in total. The highest BCUT2D eigenvalue weighted by atomic mass is 35.5. The first-order chi connectivity index (χ1) is 14.4. The molecule has 7 nitrogen and oxygen atoms in total. The van der Waals surface area contributed by atoms with E-state index in [4.69, 9.17) is 21.1 Å². The first-order valence-electron chi connectivity index (χ1n) is 9.28. The van der Waals surface area contributed by atoms with Gasteiger partial charge in [0.1, 0.15) is 10.6 Å². The number of amides is 1. The summed E-state index contributed by atoms with van der Waals surface area (Å²) >= 11 is 7.60. The van der Waals surface area contributed by atoms with Crippen LogP contribution in [0.4, 0.5) is 5.69 Å². The van der Waals surface area contributed by atoms with Crippen LogP contribution in [-0.2, 0) is 25.3 Å². The minimum atomic E-state index is -3.76. The molecular formula is C20H23ClN2O5S2. The summed E-state index contributed by atoms with van der Waals surface area (Å²) in [6, 6.07) is 12.1. The Morgan fingerprint density at radius 3 is 2.73 bits per heavy atom. The molecule has 3 rings (SSSR count). The Morgan fingerprint density at radius 1 is 1.23 bits per heavy atom. The largest absolute Gasteiger partial charge is 0.497 e. The molecule has 1 aliphatic heterocycles. The number of hydrogen-bond acceptors (Lipinski definition) is 6. The minimum Gasteiger partial charge on any atom is -0.497 e. The lowest BCUT2D eigenvalue weighted by Crippen LogP contribution is -2.40. The lowest BCUT2D eigenvalue weighted by atomic mass is 10.2. The Balaban J connectivity index is 1.61. The quantitative estimate of drug-likeness (QED) is 0.637. The molecule has 0 saturated carbocycles. The smallest absolute Gasteiger partial charge is 0.244 e. The molecular weight excluding hydrogens is 448 g/mol. The molecule has 0 aromatic heterocycles. The second-order valence-electron chi connectivity index (χ2n) is 6.55. The molecule has 1 fully saturated rings. The fourth-order valence-electron chi connectivity index (χ4n) is 2.93. The third-order valence-electron chi connectivity index (χ3n) is 4.44. The lowest BCUT2D eigenvalue weighted by molar-refractivity contribution is -0.113. The second-order valence-corrected chi connectivity index (χ2v) is 9.85. The van der Waals surface area contributed by atoms with Crippen molar-refractivity contribution in [1.29, 1.82) is 0 Å². The monoisotopic (exact) mass is 470 g/mol. The van der Waals surface area contributed by atoms with Gasteiger partial charge in [0.2, 0.25) is 15.9 Å². The van der Waals surface area contributed by atoms with E-state index < -0.39 is 10.0 Å². The van der Waals surface area contributed by atoms with Gasteiger partial charge in [-0.25, -0.2) is 8.42 Å². The van der Waals surface area contributed by atoms with Gasteiger partial charge >= 0.3 is 0 Å². The van der Waals surface area contributed by atoms with Crippen molar-refractivity contribution in [2.45, 2.75) is 10.6 Å². The van der Waals surface area contributed by atoms with Crippen molar-refractivity contribution >= 4 is 45.0 Å². The van der Waals surface area contributed by atoms with Crippen LogP contribution in [0.1, 0.15) is 5.56 Å². The molecule has 1 saturated heterocycles. The highest BCUT2D eigenvalue weighted by Crippen LogP contribution is 2.28. The molecule has 2 aromatic carbocycles. The molecule has 0 aliphatic carbocycles. The predicted octanol–water partition coefficient (Wildman–Crippen LogP) is 3.24. The molecule has 0 radical (unpaired) electrons. The number of sulfonamides is 1. The van der Waals surface area contributed by atoms with Crippen molar-refractivity contribution in [1.82, 2.24) is 4.31 Å². The Bertz CT molecular complexity index is 994. The molecule has 162 valence electrons. The Labute approximate surface area is 185 Å². The molecule has 0 atom stereocenters. The zero-order valence-corrected chi connectivity index (χ0v) is 18.9. The van der Waals surface area contributed by atoms with Crippen molar-refractivity contribution in [3.63, 3.8) is 0 Å². The third-order valence-corrected chi connectivity index (χ3v) is 7.82. The standard InChI is InChI=1S/C20H23ClN2O5S2/c1-27-17-4-2-3-15(11-17)13-29-14-20(24)22-16-5-6-18(21)19(12-16)30(25,26)23-7-9-28-10-8-23/h2-6,11-12H,7-10,13-14H2,1H3,(H,22,24). The van der Waals surface area contributed by atoms with Gasteiger partial charge in [0.15, 0.2) is 0 Å². The van der Waals surface area contributed by atoms with Crippen LogP contribution in [0.5, 0.6) is 5.75 Å². The maximum Gasteiger partial charge on any atom is 0.244 e. The van der Waals surface area contributed by atoms with Crippen molar-refractivity contribution in [2.75, 3.05) is 44.5 Å². The average Bonchev–Trinajstić information content (AvgIpc) is 2.75. The number of carbonyl (C=O) groups excluding carboxylic acids is 1. The van der Waals surface area contributed by atoms with Gasteiger partial charge in [-0.15, -0.1) is 11.8 Å². The summed E-state index contributed by atoms with van der Waals surface area (Å²) in [6.45, 7) is 1.24. The van der Waals surface area contributed by atoms with Gasteiger partial charge in [0.05, 0.1) is 31.1 Å². The van der Waals surface area contributed by atoms with E-state index >= 15 is 0 Å². The number of rotatable bonds is 8. The number of hydrogen-bond donors (Lipinski definition) is 1. The van der Waals surface area contributed by atoms with E-state index in [9.17, 15) is 13.2 Å². The van der Waals surface area contributed by atoms with Crippen LogP contribution < -0.4 is 10.1 Å². The molecule has 0 spiro atoms. The SMILES string of the molecule is COc1cccc(CSCC(=O)Nc2ccc(Cl)c(S(=O)(=O)N3CCOCC3)c2)c1. The van der Waals surface area contributed by atoms with Gasteiger partial charge in [-0.3, -0.25) is 4.79 Å². The van der Waals surface area contributed by atoms with Crippen LogP contribution in [0, 0.1) is 0 Å². The van der Waals surface area contributed by atoms with Gasteiger partial charge < -0.3 is 14.8 Å². The van der Waals surface area contributed by atoms with Crippen LogP contribution >= 0.6 is 23.4 Å². The van der Waals surface area contributed by atoms with E-state index in [0.29, 0.717) is 24.7 Å². The molecule has 1 aliphatic rings. The number of carbonyl (C=O) groups is 1. The number of methoxy groups -OCH3 is 1. The van der Waals surface area contributed by atoms with E-state index in [1.807, 2.05) is 24.3 Å². The van der Waals surface area contributed by atoms with Crippen molar-refractivity contribution < 1.29 is 22.7 Å².